The molecule has 0 radical (unpaired) electrons. The van der Waals surface area contributed by atoms with Crippen molar-refractivity contribution in [3.63, 3.8) is 0 Å². The summed E-state index contributed by atoms with van der Waals surface area (Å²) in [6, 6.07) is 6.96. The third-order valence-electron chi connectivity index (χ3n) is 5.32. The Hall–Kier alpha value is -0.810. The van der Waals surface area contributed by atoms with Crippen molar-refractivity contribution in [3.8, 4) is 0 Å². The summed E-state index contributed by atoms with van der Waals surface area (Å²) in [4.78, 5) is 6.17. The summed E-state index contributed by atoms with van der Waals surface area (Å²) in [6.07, 6.45) is -3.91. The minimum absolute atomic E-state index is 0.127. The van der Waals surface area contributed by atoms with Crippen LogP contribution in [0.3, 0.4) is 0 Å². The van der Waals surface area contributed by atoms with Crippen LogP contribution in [0.15, 0.2) is 30.5 Å². The van der Waals surface area contributed by atoms with E-state index < -0.39 is 22.7 Å². The lowest BCUT2D eigenvalue weighted by molar-refractivity contribution is -0.140. The Morgan fingerprint density at radius 3 is 2.62 bits per heavy atom. The van der Waals surface area contributed by atoms with Crippen LogP contribution in [0.2, 0.25) is 10.0 Å². The van der Waals surface area contributed by atoms with Crippen molar-refractivity contribution in [2.75, 3.05) is 13.1 Å². The molecule has 4 rings (SSSR count). The molecule has 1 unspecified atom stereocenters. The molecule has 0 aliphatic carbocycles. The van der Waals surface area contributed by atoms with E-state index in [0.29, 0.717) is 28.7 Å². The molecule has 0 amide bonds. The number of nitrogens with zero attached hydrogens (tertiary/aromatic N) is 3. The molecule has 1 N–H and O–H groups in total. The van der Waals surface area contributed by atoms with Gasteiger partial charge in [-0.15, -0.1) is 0 Å². The van der Waals surface area contributed by atoms with Crippen molar-refractivity contribution >= 4 is 67.7 Å². The second-order valence-corrected chi connectivity index (χ2v) is 9.33. The molecule has 3 atom stereocenters. The van der Waals surface area contributed by atoms with Gasteiger partial charge in [0, 0.05) is 35.1 Å². The zero-order valence-electron chi connectivity index (χ0n) is 15.0. The van der Waals surface area contributed by atoms with Crippen molar-refractivity contribution in [1.29, 1.82) is 0 Å². The summed E-state index contributed by atoms with van der Waals surface area (Å²) < 4.78 is 39.4. The van der Waals surface area contributed by atoms with Gasteiger partial charge in [0.1, 0.15) is 5.65 Å². The number of rotatable bonds is 3. The molecule has 29 heavy (non-hydrogen) atoms. The van der Waals surface area contributed by atoms with Crippen LogP contribution in [-0.4, -0.2) is 49.0 Å². The fraction of sp³-hybridized carbons (Fsp3) is 0.421. The first kappa shape index (κ1) is 21.4. The largest absolute Gasteiger partial charge is 0.390 e. The SMILES string of the molecule is O[C@H]1C(I)N(CCC(F)(F)F)CC[C@H]1n1c2ccc(Cl)cc2c2cc(Cl)cnc21. The van der Waals surface area contributed by atoms with Crippen LogP contribution < -0.4 is 0 Å². The number of alkyl halides is 4. The van der Waals surface area contributed by atoms with Crippen molar-refractivity contribution in [1.82, 2.24) is 14.5 Å². The van der Waals surface area contributed by atoms with Crippen molar-refractivity contribution in [3.05, 3.63) is 40.5 Å². The zero-order chi connectivity index (χ0) is 20.9. The van der Waals surface area contributed by atoms with Gasteiger partial charge in [0.15, 0.2) is 0 Å². The predicted octanol–water partition coefficient (Wildman–Crippen LogP) is 5.82. The molecular weight excluding hydrogens is 541 g/mol. The van der Waals surface area contributed by atoms with E-state index in [-0.39, 0.29) is 12.6 Å². The maximum absolute atomic E-state index is 12.6. The van der Waals surface area contributed by atoms with Crippen molar-refractivity contribution < 1.29 is 18.3 Å². The first-order chi connectivity index (χ1) is 13.7. The summed E-state index contributed by atoms with van der Waals surface area (Å²) in [5.74, 6) is 0. The Labute approximate surface area is 188 Å². The fourth-order valence-corrected chi connectivity index (χ4v) is 5.35. The highest BCUT2D eigenvalue weighted by atomic mass is 127. The molecule has 0 spiro atoms. The number of benzene rings is 1. The third-order valence-corrected chi connectivity index (χ3v) is 7.29. The lowest BCUT2D eigenvalue weighted by atomic mass is 10.0. The summed E-state index contributed by atoms with van der Waals surface area (Å²) in [5.41, 5.74) is 1.53. The van der Waals surface area contributed by atoms with Gasteiger partial charge in [0.2, 0.25) is 0 Å². The molecule has 1 aliphatic rings. The number of halogens is 6. The Bertz CT molecular complexity index is 999. The lowest BCUT2D eigenvalue weighted by Crippen LogP contribution is -2.50. The minimum atomic E-state index is -4.21. The minimum Gasteiger partial charge on any atom is -0.388 e. The smallest absolute Gasteiger partial charge is 0.388 e. The average Bonchev–Trinajstić information content (AvgIpc) is 2.95. The van der Waals surface area contributed by atoms with E-state index in [4.69, 9.17) is 23.2 Å². The van der Waals surface area contributed by atoms with Gasteiger partial charge >= 0.3 is 6.18 Å². The van der Waals surface area contributed by atoms with Crippen molar-refractivity contribution in [2.45, 2.75) is 35.2 Å². The van der Waals surface area contributed by atoms with E-state index in [0.717, 1.165) is 16.3 Å². The van der Waals surface area contributed by atoms with E-state index in [1.54, 1.807) is 17.2 Å². The number of aliphatic hydroxyl groups excluding tert-OH is 1. The number of piperidine rings is 1. The quantitative estimate of drug-likeness (QED) is 0.251. The maximum Gasteiger partial charge on any atom is 0.390 e. The molecule has 1 aromatic carbocycles. The first-order valence-corrected chi connectivity index (χ1v) is 11.0. The summed E-state index contributed by atoms with van der Waals surface area (Å²) in [5, 5.41) is 13.8. The van der Waals surface area contributed by atoms with Crippen LogP contribution in [0.4, 0.5) is 13.2 Å². The van der Waals surface area contributed by atoms with E-state index in [1.807, 2.05) is 45.4 Å². The molecule has 3 aromatic rings. The molecule has 4 nitrogen and oxygen atoms in total. The van der Waals surface area contributed by atoms with Gasteiger partial charge in [-0.3, -0.25) is 4.90 Å². The molecule has 1 fully saturated rings. The monoisotopic (exact) mass is 557 g/mol. The molecule has 0 bridgehead atoms. The van der Waals surface area contributed by atoms with E-state index in [1.165, 1.54) is 0 Å². The number of hydrogen-bond donors (Lipinski definition) is 1. The predicted molar refractivity (Wildman–Crippen MR) is 117 cm³/mol. The molecule has 1 aliphatic heterocycles. The van der Waals surface area contributed by atoms with Crippen LogP contribution >= 0.6 is 45.8 Å². The van der Waals surface area contributed by atoms with Gasteiger partial charge in [-0.05, 0) is 30.7 Å². The summed E-state index contributed by atoms with van der Waals surface area (Å²) in [6.45, 7) is 0.325. The van der Waals surface area contributed by atoms with Gasteiger partial charge in [0.05, 0.1) is 33.2 Å². The van der Waals surface area contributed by atoms with Crippen LogP contribution in [0, 0.1) is 0 Å². The van der Waals surface area contributed by atoms with Crippen molar-refractivity contribution in [2.24, 2.45) is 0 Å². The second-order valence-electron chi connectivity index (χ2n) is 7.18. The lowest BCUT2D eigenvalue weighted by Gasteiger charge is -2.41. The highest BCUT2D eigenvalue weighted by Crippen LogP contribution is 2.39. The Balaban J connectivity index is 1.73. The molecule has 10 heteroatoms. The summed E-state index contributed by atoms with van der Waals surface area (Å²) >= 11 is 14.4. The molecule has 156 valence electrons. The molecular formula is C19H17Cl2F3IN3O. The number of hydrogen-bond acceptors (Lipinski definition) is 3. The van der Waals surface area contributed by atoms with Gasteiger partial charge in [-0.25, -0.2) is 4.98 Å². The first-order valence-electron chi connectivity index (χ1n) is 9.03. The van der Waals surface area contributed by atoms with Crippen LogP contribution in [-0.2, 0) is 0 Å². The normalized spacial score (nSPS) is 23.9. The standard InChI is InChI=1S/C19H17Cl2F3IN3O/c20-10-1-2-14-12(7-10)13-8-11(21)9-26-18(13)28(14)15-3-5-27(17(25)16(15)29)6-4-19(22,23)24/h1-2,7-9,15-17,29H,3-6H2/t15-,16-,17?/m1/s1. The summed E-state index contributed by atoms with van der Waals surface area (Å²) in [7, 11) is 0. The van der Waals surface area contributed by atoms with E-state index >= 15 is 0 Å². The van der Waals surface area contributed by atoms with Crippen LogP contribution in [0.1, 0.15) is 18.9 Å². The fourth-order valence-electron chi connectivity index (χ4n) is 3.98. The number of fused-ring (bicyclic) bond motifs is 3. The zero-order valence-corrected chi connectivity index (χ0v) is 18.7. The Morgan fingerprint density at radius 2 is 1.90 bits per heavy atom. The molecule has 3 heterocycles. The van der Waals surface area contributed by atoms with Gasteiger partial charge in [-0.1, -0.05) is 45.8 Å². The number of aromatic nitrogens is 2. The third kappa shape index (κ3) is 4.19. The van der Waals surface area contributed by atoms with E-state index in [2.05, 4.69) is 4.98 Å². The maximum atomic E-state index is 12.6. The second kappa shape index (κ2) is 8.03. The molecule has 1 saturated heterocycles. The average molecular weight is 558 g/mol. The van der Waals surface area contributed by atoms with Crippen LogP contribution in [0.25, 0.3) is 21.9 Å². The van der Waals surface area contributed by atoms with E-state index in [9.17, 15) is 18.3 Å². The number of likely N-dealkylation sites (tertiary alicyclic amines) is 1. The van der Waals surface area contributed by atoms with Gasteiger partial charge < -0.3 is 9.67 Å². The molecule has 0 saturated carbocycles. The van der Waals surface area contributed by atoms with Crippen LogP contribution in [0.5, 0.6) is 0 Å². The number of aliphatic hydroxyl groups is 1. The Morgan fingerprint density at radius 1 is 1.17 bits per heavy atom. The molecule has 2 aromatic heterocycles. The van der Waals surface area contributed by atoms with Gasteiger partial charge in [0.25, 0.3) is 0 Å². The van der Waals surface area contributed by atoms with Gasteiger partial charge in [-0.2, -0.15) is 13.2 Å². The topological polar surface area (TPSA) is 41.3 Å². The highest BCUT2D eigenvalue weighted by molar-refractivity contribution is 14.1. The number of pyridine rings is 1. The Kier molecular flexibility index (Phi) is 5.93. The highest BCUT2D eigenvalue weighted by Gasteiger charge is 2.39.